The van der Waals surface area contributed by atoms with Crippen molar-refractivity contribution in [3.05, 3.63) is 18.2 Å². The highest BCUT2D eigenvalue weighted by Gasteiger charge is 2.31. The summed E-state index contributed by atoms with van der Waals surface area (Å²) in [6, 6.07) is -5.22. The number of aromatic amines is 1. The molecule has 14 nitrogen and oxygen atoms in total. The van der Waals surface area contributed by atoms with Crippen molar-refractivity contribution >= 4 is 29.7 Å². The maximum Gasteiger partial charge on any atom is 0.326 e. The smallest absolute Gasteiger partial charge is 0.326 e. The van der Waals surface area contributed by atoms with Gasteiger partial charge in [0.05, 0.1) is 19.0 Å². The van der Waals surface area contributed by atoms with Crippen LogP contribution in [0.4, 0.5) is 0 Å². The minimum atomic E-state index is -1.55. The fourth-order valence-electron chi connectivity index (χ4n) is 2.87. The molecule has 5 unspecified atom stereocenters. The predicted octanol–water partition coefficient (Wildman–Crippen LogP) is -2.28. The Bertz CT molecular complexity index is 846. The summed E-state index contributed by atoms with van der Waals surface area (Å²) in [6.07, 6.45) is 2.43. The number of aromatic nitrogens is 2. The molecule has 0 aliphatic carbocycles. The van der Waals surface area contributed by atoms with Gasteiger partial charge in [0.25, 0.3) is 0 Å². The van der Waals surface area contributed by atoms with Crippen molar-refractivity contribution in [2.75, 3.05) is 6.61 Å². The number of amides is 3. The molecular formula is C20H32N6O8. The molecule has 1 aromatic rings. The number of hydrogen-bond donors (Lipinski definition) is 8. The van der Waals surface area contributed by atoms with Crippen molar-refractivity contribution in [2.45, 2.75) is 63.7 Å². The lowest BCUT2D eigenvalue weighted by Crippen LogP contribution is -2.58. The Morgan fingerprint density at radius 2 is 1.62 bits per heavy atom. The number of nitrogens with one attached hydrogen (secondary N) is 4. The van der Waals surface area contributed by atoms with Gasteiger partial charge in [0.2, 0.25) is 17.7 Å². The van der Waals surface area contributed by atoms with E-state index in [1.54, 1.807) is 6.92 Å². The lowest BCUT2D eigenvalue weighted by Gasteiger charge is -2.25. The van der Waals surface area contributed by atoms with Gasteiger partial charge in [-0.3, -0.25) is 19.2 Å². The number of carboxylic acid groups (broad SMARTS) is 2. The van der Waals surface area contributed by atoms with E-state index in [2.05, 4.69) is 25.9 Å². The molecule has 3 amide bonds. The van der Waals surface area contributed by atoms with Crippen LogP contribution in [0.3, 0.4) is 0 Å². The van der Waals surface area contributed by atoms with Crippen LogP contribution < -0.4 is 21.7 Å². The summed E-state index contributed by atoms with van der Waals surface area (Å²) in [5, 5.41) is 34.7. The fraction of sp³-hybridized carbons (Fsp3) is 0.600. The van der Waals surface area contributed by atoms with Gasteiger partial charge in [0, 0.05) is 24.7 Å². The summed E-state index contributed by atoms with van der Waals surface area (Å²) in [6.45, 7) is 2.69. The average molecular weight is 485 g/mol. The Hall–Kier alpha value is -3.52. The van der Waals surface area contributed by atoms with Gasteiger partial charge in [0.1, 0.15) is 18.1 Å². The second-order valence-electron chi connectivity index (χ2n) is 7.83. The number of nitrogens with zero attached hydrogens (tertiary/aromatic N) is 1. The lowest BCUT2D eigenvalue weighted by atomic mass is 9.98. The number of imidazole rings is 1. The van der Waals surface area contributed by atoms with Crippen molar-refractivity contribution in [3.63, 3.8) is 0 Å². The highest BCUT2D eigenvalue weighted by molar-refractivity contribution is 5.94. The number of rotatable bonds is 15. The molecule has 0 aromatic carbocycles. The Morgan fingerprint density at radius 3 is 2.12 bits per heavy atom. The van der Waals surface area contributed by atoms with Gasteiger partial charge in [-0.15, -0.1) is 0 Å². The number of carboxylic acids is 2. The standard InChI is InChI=1S/C20H32N6O8/c1-3-10(2)16(21)19(32)24-12(4-5-15(28)29)17(30)26-14(8-27)18(31)25-13(20(33)34)6-11-7-22-9-23-11/h7,9-10,12-14,16,27H,3-6,8,21H2,1-2H3,(H,22,23)(H,24,32)(H,25,31)(H,26,30)(H,28,29)(H,33,34). The third-order valence-corrected chi connectivity index (χ3v) is 5.25. The SMILES string of the molecule is CCC(C)C(N)C(=O)NC(CCC(=O)O)C(=O)NC(CO)C(=O)NC(Cc1cnc[nH]1)C(=O)O. The zero-order chi connectivity index (χ0) is 25.8. The molecule has 1 heterocycles. The van der Waals surface area contributed by atoms with Gasteiger partial charge in [0.15, 0.2) is 0 Å². The zero-order valence-corrected chi connectivity index (χ0v) is 19.0. The number of carbonyl (C=O) groups excluding carboxylic acids is 3. The number of nitrogens with two attached hydrogens (primary N) is 1. The van der Waals surface area contributed by atoms with Gasteiger partial charge in [-0.1, -0.05) is 20.3 Å². The van der Waals surface area contributed by atoms with Gasteiger partial charge >= 0.3 is 11.9 Å². The molecule has 1 rings (SSSR count). The first-order valence-electron chi connectivity index (χ1n) is 10.7. The molecule has 0 aliphatic heterocycles. The van der Waals surface area contributed by atoms with E-state index in [1.165, 1.54) is 12.5 Å². The normalized spacial score (nSPS) is 15.3. The molecule has 0 saturated carbocycles. The summed E-state index contributed by atoms with van der Waals surface area (Å²) >= 11 is 0. The second kappa shape index (κ2) is 13.9. The quantitative estimate of drug-likeness (QED) is 0.133. The van der Waals surface area contributed by atoms with E-state index >= 15 is 0 Å². The summed E-state index contributed by atoms with van der Waals surface area (Å²) < 4.78 is 0. The summed E-state index contributed by atoms with van der Waals surface area (Å²) in [4.78, 5) is 66.6. The number of aliphatic hydroxyl groups excluding tert-OH is 1. The van der Waals surface area contributed by atoms with Crippen molar-refractivity contribution in [1.29, 1.82) is 0 Å². The zero-order valence-electron chi connectivity index (χ0n) is 19.0. The van der Waals surface area contributed by atoms with Crippen LogP contribution in [0.15, 0.2) is 12.5 Å². The van der Waals surface area contributed by atoms with Gasteiger partial charge < -0.3 is 42.0 Å². The molecule has 1 aromatic heterocycles. The number of H-pyrrole nitrogens is 1. The molecule has 190 valence electrons. The van der Waals surface area contributed by atoms with Crippen LogP contribution in [0.2, 0.25) is 0 Å². The largest absolute Gasteiger partial charge is 0.481 e. The van der Waals surface area contributed by atoms with Crippen LogP contribution in [-0.4, -0.2) is 85.7 Å². The van der Waals surface area contributed by atoms with E-state index in [4.69, 9.17) is 10.8 Å². The molecule has 0 fully saturated rings. The Kier molecular flexibility index (Phi) is 11.7. The maximum absolute atomic E-state index is 12.7. The summed E-state index contributed by atoms with van der Waals surface area (Å²) in [5.74, 6) is -5.35. The first-order valence-corrected chi connectivity index (χ1v) is 10.7. The number of aliphatic hydroxyl groups is 1. The van der Waals surface area contributed by atoms with Gasteiger partial charge in [-0.05, 0) is 12.3 Å². The molecule has 5 atom stereocenters. The van der Waals surface area contributed by atoms with Crippen LogP contribution in [-0.2, 0) is 30.4 Å². The third-order valence-electron chi connectivity index (χ3n) is 5.25. The topological polar surface area (TPSA) is 237 Å². The van der Waals surface area contributed by atoms with Crippen LogP contribution in [0.25, 0.3) is 0 Å². The molecular weight excluding hydrogens is 452 g/mol. The van der Waals surface area contributed by atoms with Crippen molar-refractivity contribution in [2.24, 2.45) is 11.7 Å². The molecule has 0 saturated heterocycles. The van der Waals surface area contributed by atoms with Crippen LogP contribution in [0, 0.1) is 5.92 Å². The van der Waals surface area contributed by atoms with E-state index < -0.39 is 66.9 Å². The average Bonchev–Trinajstić information content (AvgIpc) is 3.31. The number of aliphatic carboxylic acids is 2. The van der Waals surface area contributed by atoms with E-state index in [-0.39, 0.29) is 18.8 Å². The molecule has 0 bridgehead atoms. The second-order valence-corrected chi connectivity index (χ2v) is 7.83. The van der Waals surface area contributed by atoms with E-state index in [9.17, 15) is 34.2 Å². The third kappa shape index (κ3) is 9.15. The van der Waals surface area contributed by atoms with E-state index in [0.29, 0.717) is 12.1 Å². The highest BCUT2D eigenvalue weighted by Crippen LogP contribution is 2.07. The molecule has 34 heavy (non-hydrogen) atoms. The summed E-state index contributed by atoms with van der Waals surface area (Å²) in [7, 11) is 0. The minimum Gasteiger partial charge on any atom is -0.481 e. The Balaban J connectivity index is 2.88. The highest BCUT2D eigenvalue weighted by atomic mass is 16.4. The van der Waals surface area contributed by atoms with Crippen LogP contribution in [0.1, 0.15) is 38.8 Å². The monoisotopic (exact) mass is 484 g/mol. The Labute approximate surface area is 195 Å². The molecule has 0 radical (unpaired) electrons. The van der Waals surface area contributed by atoms with Gasteiger partial charge in [-0.2, -0.15) is 0 Å². The van der Waals surface area contributed by atoms with Gasteiger partial charge in [-0.25, -0.2) is 9.78 Å². The minimum absolute atomic E-state index is 0.127. The van der Waals surface area contributed by atoms with E-state index in [0.717, 1.165) is 0 Å². The predicted molar refractivity (Wildman–Crippen MR) is 117 cm³/mol. The molecule has 0 aliphatic rings. The first-order chi connectivity index (χ1) is 16.0. The van der Waals surface area contributed by atoms with Crippen LogP contribution >= 0.6 is 0 Å². The van der Waals surface area contributed by atoms with E-state index in [1.807, 2.05) is 6.92 Å². The molecule has 9 N–H and O–H groups in total. The first kappa shape index (κ1) is 28.5. The number of hydrogen-bond acceptors (Lipinski definition) is 8. The van der Waals surface area contributed by atoms with Crippen molar-refractivity contribution in [1.82, 2.24) is 25.9 Å². The van der Waals surface area contributed by atoms with Crippen LogP contribution in [0.5, 0.6) is 0 Å². The molecule has 0 spiro atoms. The van der Waals surface area contributed by atoms with Crippen molar-refractivity contribution in [3.8, 4) is 0 Å². The summed E-state index contributed by atoms with van der Waals surface area (Å²) in [5.41, 5.74) is 6.30. The Morgan fingerprint density at radius 1 is 1.03 bits per heavy atom. The fourth-order valence-corrected chi connectivity index (χ4v) is 2.87. The maximum atomic E-state index is 12.7. The lowest BCUT2D eigenvalue weighted by molar-refractivity contribution is -0.142. The number of carbonyl (C=O) groups is 5. The molecule has 14 heteroatoms. The van der Waals surface area contributed by atoms with Crippen molar-refractivity contribution < 1.29 is 39.3 Å².